The fraction of sp³-hybridized carbons (Fsp3) is 1.00. The first-order valence-corrected chi connectivity index (χ1v) is 7.33. The standard InChI is InChI=1S/C14H30N2/c1-3-5-6-7-8-11-15-13-14-10-9-12-16(14)4-2/h14-15H,3-13H2,1-2H3. The Labute approximate surface area is 102 Å². The molecule has 0 aromatic rings. The maximum atomic E-state index is 3.63. The number of nitrogens with zero attached hydrogens (tertiary/aromatic N) is 1. The maximum absolute atomic E-state index is 3.63. The third-order valence-electron chi connectivity index (χ3n) is 3.74. The van der Waals surface area contributed by atoms with Crippen molar-refractivity contribution in [3.05, 3.63) is 0 Å². The van der Waals surface area contributed by atoms with E-state index >= 15 is 0 Å². The summed E-state index contributed by atoms with van der Waals surface area (Å²) in [6.45, 7) is 9.53. The van der Waals surface area contributed by atoms with Crippen LogP contribution in [0.4, 0.5) is 0 Å². The number of hydrogen-bond acceptors (Lipinski definition) is 2. The van der Waals surface area contributed by atoms with E-state index in [9.17, 15) is 0 Å². The van der Waals surface area contributed by atoms with Crippen LogP contribution in [0.15, 0.2) is 0 Å². The minimum Gasteiger partial charge on any atom is -0.315 e. The molecule has 1 atom stereocenters. The number of likely N-dealkylation sites (N-methyl/N-ethyl adjacent to an activating group) is 1. The average Bonchev–Trinajstić information content (AvgIpc) is 2.75. The Kier molecular flexibility index (Phi) is 7.87. The number of likely N-dealkylation sites (tertiary alicyclic amines) is 1. The van der Waals surface area contributed by atoms with Crippen molar-refractivity contribution in [1.29, 1.82) is 0 Å². The summed E-state index contributed by atoms with van der Waals surface area (Å²) < 4.78 is 0. The van der Waals surface area contributed by atoms with Gasteiger partial charge in [-0.1, -0.05) is 39.5 Å². The van der Waals surface area contributed by atoms with Crippen LogP contribution < -0.4 is 5.32 Å². The van der Waals surface area contributed by atoms with E-state index in [1.54, 1.807) is 0 Å². The normalized spacial score (nSPS) is 21.8. The molecule has 1 N–H and O–H groups in total. The molecule has 1 unspecified atom stereocenters. The lowest BCUT2D eigenvalue weighted by molar-refractivity contribution is 0.260. The minimum atomic E-state index is 0.820. The molecule has 0 aliphatic carbocycles. The van der Waals surface area contributed by atoms with Crippen molar-refractivity contribution in [1.82, 2.24) is 10.2 Å². The molecule has 0 radical (unpaired) electrons. The summed E-state index contributed by atoms with van der Waals surface area (Å²) >= 11 is 0. The number of nitrogens with one attached hydrogen (secondary N) is 1. The number of unbranched alkanes of at least 4 members (excludes halogenated alkanes) is 4. The molecule has 16 heavy (non-hydrogen) atoms. The molecule has 0 bridgehead atoms. The second kappa shape index (κ2) is 9.00. The summed E-state index contributed by atoms with van der Waals surface area (Å²) in [6, 6.07) is 0.820. The molecular formula is C14H30N2. The summed E-state index contributed by atoms with van der Waals surface area (Å²) in [4.78, 5) is 2.62. The van der Waals surface area contributed by atoms with Crippen LogP contribution in [-0.4, -0.2) is 37.1 Å². The highest BCUT2D eigenvalue weighted by atomic mass is 15.2. The van der Waals surface area contributed by atoms with Gasteiger partial charge in [0.1, 0.15) is 0 Å². The van der Waals surface area contributed by atoms with E-state index in [-0.39, 0.29) is 0 Å². The first kappa shape index (κ1) is 14.0. The Hall–Kier alpha value is -0.0800. The lowest BCUT2D eigenvalue weighted by Crippen LogP contribution is -2.38. The Morgan fingerprint density at radius 3 is 2.69 bits per heavy atom. The second-order valence-corrected chi connectivity index (χ2v) is 5.04. The van der Waals surface area contributed by atoms with Crippen molar-refractivity contribution in [2.75, 3.05) is 26.2 Å². The van der Waals surface area contributed by atoms with Crippen LogP contribution in [0.1, 0.15) is 58.8 Å². The van der Waals surface area contributed by atoms with Gasteiger partial charge in [-0.25, -0.2) is 0 Å². The predicted octanol–water partition coefficient (Wildman–Crippen LogP) is 3.03. The summed E-state index contributed by atoms with van der Waals surface area (Å²) in [6.07, 6.45) is 9.74. The fourth-order valence-corrected chi connectivity index (χ4v) is 2.66. The molecule has 96 valence electrons. The molecule has 1 saturated heterocycles. The topological polar surface area (TPSA) is 15.3 Å². The van der Waals surface area contributed by atoms with Gasteiger partial charge in [0, 0.05) is 12.6 Å². The van der Waals surface area contributed by atoms with Gasteiger partial charge in [-0.2, -0.15) is 0 Å². The third-order valence-corrected chi connectivity index (χ3v) is 3.74. The third kappa shape index (κ3) is 5.31. The molecule has 2 nitrogen and oxygen atoms in total. The number of hydrogen-bond donors (Lipinski definition) is 1. The van der Waals surface area contributed by atoms with Gasteiger partial charge in [0.25, 0.3) is 0 Å². The molecule has 1 rings (SSSR count). The predicted molar refractivity (Wildman–Crippen MR) is 71.9 cm³/mol. The Morgan fingerprint density at radius 2 is 1.94 bits per heavy atom. The SMILES string of the molecule is CCCCCCCNCC1CCCN1CC. The van der Waals surface area contributed by atoms with Crippen LogP contribution >= 0.6 is 0 Å². The van der Waals surface area contributed by atoms with Crippen LogP contribution in [0.3, 0.4) is 0 Å². The summed E-state index contributed by atoms with van der Waals surface area (Å²) in [7, 11) is 0. The molecule has 0 aromatic carbocycles. The first-order chi connectivity index (χ1) is 7.88. The molecule has 1 aliphatic rings. The summed E-state index contributed by atoms with van der Waals surface area (Å²) in [5.41, 5.74) is 0. The van der Waals surface area contributed by atoms with E-state index in [0.717, 1.165) is 6.04 Å². The molecule has 1 heterocycles. The van der Waals surface area contributed by atoms with Crippen molar-refractivity contribution in [2.24, 2.45) is 0 Å². The zero-order valence-electron chi connectivity index (χ0n) is 11.3. The lowest BCUT2D eigenvalue weighted by Gasteiger charge is -2.22. The zero-order valence-corrected chi connectivity index (χ0v) is 11.3. The Balaban J connectivity index is 1.90. The second-order valence-electron chi connectivity index (χ2n) is 5.04. The van der Waals surface area contributed by atoms with Crippen molar-refractivity contribution >= 4 is 0 Å². The molecule has 1 aliphatic heterocycles. The molecule has 0 aromatic heterocycles. The van der Waals surface area contributed by atoms with Gasteiger partial charge in [0.2, 0.25) is 0 Å². The molecule has 0 spiro atoms. The van der Waals surface area contributed by atoms with E-state index in [4.69, 9.17) is 0 Å². The van der Waals surface area contributed by atoms with Crippen molar-refractivity contribution in [2.45, 2.75) is 64.8 Å². The van der Waals surface area contributed by atoms with Crippen molar-refractivity contribution in [3.63, 3.8) is 0 Å². The highest BCUT2D eigenvalue weighted by Gasteiger charge is 2.21. The maximum Gasteiger partial charge on any atom is 0.0220 e. The van der Waals surface area contributed by atoms with E-state index in [1.165, 1.54) is 71.1 Å². The van der Waals surface area contributed by atoms with E-state index < -0.39 is 0 Å². The van der Waals surface area contributed by atoms with Gasteiger partial charge < -0.3 is 5.32 Å². The smallest absolute Gasteiger partial charge is 0.0220 e. The lowest BCUT2D eigenvalue weighted by atomic mass is 10.1. The monoisotopic (exact) mass is 226 g/mol. The van der Waals surface area contributed by atoms with E-state index in [0.29, 0.717) is 0 Å². The van der Waals surface area contributed by atoms with E-state index in [1.807, 2.05) is 0 Å². The van der Waals surface area contributed by atoms with Crippen molar-refractivity contribution in [3.8, 4) is 0 Å². The van der Waals surface area contributed by atoms with Gasteiger partial charge in [-0.05, 0) is 38.9 Å². The summed E-state index contributed by atoms with van der Waals surface area (Å²) in [5, 5.41) is 3.63. The van der Waals surface area contributed by atoms with Crippen LogP contribution in [-0.2, 0) is 0 Å². The van der Waals surface area contributed by atoms with E-state index in [2.05, 4.69) is 24.1 Å². The van der Waals surface area contributed by atoms with Crippen LogP contribution in [0.5, 0.6) is 0 Å². The molecule has 0 saturated carbocycles. The van der Waals surface area contributed by atoms with Gasteiger partial charge in [0.05, 0.1) is 0 Å². The van der Waals surface area contributed by atoms with Gasteiger partial charge in [0.15, 0.2) is 0 Å². The van der Waals surface area contributed by atoms with Gasteiger partial charge in [-0.15, -0.1) is 0 Å². The fourth-order valence-electron chi connectivity index (χ4n) is 2.66. The van der Waals surface area contributed by atoms with Gasteiger partial charge in [-0.3, -0.25) is 4.90 Å². The summed E-state index contributed by atoms with van der Waals surface area (Å²) in [5.74, 6) is 0. The van der Waals surface area contributed by atoms with Crippen molar-refractivity contribution < 1.29 is 0 Å². The molecule has 0 amide bonds. The number of rotatable bonds is 9. The zero-order chi connectivity index (χ0) is 11.6. The Morgan fingerprint density at radius 1 is 1.12 bits per heavy atom. The minimum absolute atomic E-state index is 0.820. The van der Waals surface area contributed by atoms with Crippen LogP contribution in [0, 0.1) is 0 Å². The highest BCUT2D eigenvalue weighted by Crippen LogP contribution is 2.15. The largest absolute Gasteiger partial charge is 0.315 e. The highest BCUT2D eigenvalue weighted by molar-refractivity contribution is 4.79. The first-order valence-electron chi connectivity index (χ1n) is 7.33. The van der Waals surface area contributed by atoms with Crippen LogP contribution in [0.2, 0.25) is 0 Å². The Bertz CT molecular complexity index is 159. The quantitative estimate of drug-likeness (QED) is 0.608. The molecule has 2 heteroatoms. The molecule has 1 fully saturated rings. The molecular weight excluding hydrogens is 196 g/mol. The van der Waals surface area contributed by atoms with Crippen LogP contribution in [0.25, 0.3) is 0 Å². The average molecular weight is 226 g/mol. The van der Waals surface area contributed by atoms with Gasteiger partial charge >= 0.3 is 0 Å².